The first kappa shape index (κ1) is 19.2. The molecule has 0 radical (unpaired) electrons. The fraction of sp³-hybridized carbons (Fsp3) is 0.190. The van der Waals surface area contributed by atoms with E-state index in [2.05, 4.69) is 20.9 Å². The minimum Gasteiger partial charge on any atom is -0.497 e. The number of fused-ring (bicyclic) bond motifs is 1. The lowest BCUT2D eigenvalue weighted by Gasteiger charge is -2.11. The number of ether oxygens (including phenoxy) is 1. The van der Waals surface area contributed by atoms with Gasteiger partial charge in [0.05, 0.1) is 7.11 Å². The first-order valence-corrected chi connectivity index (χ1v) is 8.91. The lowest BCUT2D eigenvalue weighted by atomic mass is 10.1. The predicted molar refractivity (Wildman–Crippen MR) is 110 cm³/mol. The summed E-state index contributed by atoms with van der Waals surface area (Å²) in [6, 6.07) is 12.1. The van der Waals surface area contributed by atoms with Crippen molar-refractivity contribution in [1.29, 1.82) is 0 Å². The number of urea groups is 1. The highest BCUT2D eigenvalue weighted by Gasteiger charge is 2.10. The lowest BCUT2D eigenvalue weighted by molar-refractivity contribution is 0.102. The number of nitrogens with one attached hydrogen (secondary N) is 3. The Balaban J connectivity index is 1.84. The van der Waals surface area contributed by atoms with Crippen molar-refractivity contribution in [3.63, 3.8) is 0 Å². The van der Waals surface area contributed by atoms with Crippen LogP contribution in [0.25, 0.3) is 10.8 Å². The maximum absolute atomic E-state index is 12.5. The Bertz CT molecular complexity index is 1020. The third-order valence-electron chi connectivity index (χ3n) is 4.23. The monoisotopic (exact) mass is 378 g/mol. The summed E-state index contributed by atoms with van der Waals surface area (Å²) in [5.74, 6) is 0.922. The van der Waals surface area contributed by atoms with Crippen LogP contribution in [-0.2, 0) is 0 Å². The van der Waals surface area contributed by atoms with Crippen molar-refractivity contribution in [3.8, 4) is 5.75 Å². The molecule has 1 heterocycles. The number of hydrogen-bond acceptors (Lipinski definition) is 4. The molecule has 0 saturated heterocycles. The molecule has 0 unspecified atom stereocenters. The maximum Gasteiger partial charge on any atom is 0.320 e. The molecule has 144 valence electrons. The SMILES string of the molecule is CCNC(=O)Nc1cc2cc(NC(=O)c3ccc(OC)cc3)cc(C)c2cn1. The number of aryl methyl sites for hydroxylation is 1. The zero-order chi connectivity index (χ0) is 20.1. The quantitative estimate of drug-likeness (QED) is 0.627. The second-order valence-electron chi connectivity index (χ2n) is 6.25. The number of amides is 3. The molecule has 0 fully saturated rings. The number of rotatable bonds is 5. The molecule has 3 rings (SSSR count). The molecule has 28 heavy (non-hydrogen) atoms. The average molecular weight is 378 g/mol. The molecule has 0 aliphatic heterocycles. The Morgan fingerprint density at radius 1 is 1.07 bits per heavy atom. The van der Waals surface area contributed by atoms with Gasteiger partial charge in [0, 0.05) is 29.4 Å². The normalized spacial score (nSPS) is 10.4. The summed E-state index contributed by atoms with van der Waals surface area (Å²) in [6.07, 6.45) is 1.71. The van der Waals surface area contributed by atoms with Crippen molar-refractivity contribution >= 4 is 34.2 Å². The highest BCUT2D eigenvalue weighted by atomic mass is 16.5. The van der Waals surface area contributed by atoms with E-state index in [0.717, 1.165) is 16.3 Å². The van der Waals surface area contributed by atoms with Crippen LogP contribution < -0.4 is 20.7 Å². The standard InChI is InChI=1S/C21H22N4O3/c1-4-22-21(27)25-19-11-15-10-16(9-13(2)18(15)12-23-19)24-20(26)14-5-7-17(28-3)8-6-14/h5-12H,4H2,1-3H3,(H,24,26)(H2,22,23,25,27). The smallest absolute Gasteiger partial charge is 0.320 e. The van der Waals surface area contributed by atoms with Crippen LogP contribution >= 0.6 is 0 Å². The number of aromatic nitrogens is 1. The van der Waals surface area contributed by atoms with Crippen molar-refractivity contribution in [2.24, 2.45) is 0 Å². The van der Waals surface area contributed by atoms with E-state index in [9.17, 15) is 9.59 Å². The van der Waals surface area contributed by atoms with E-state index in [1.807, 2.05) is 26.0 Å². The zero-order valence-electron chi connectivity index (χ0n) is 16.0. The number of carbonyl (C=O) groups excluding carboxylic acids is 2. The van der Waals surface area contributed by atoms with E-state index in [0.29, 0.717) is 29.4 Å². The number of benzene rings is 2. The van der Waals surface area contributed by atoms with E-state index in [1.54, 1.807) is 43.6 Å². The van der Waals surface area contributed by atoms with E-state index >= 15 is 0 Å². The minimum absolute atomic E-state index is 0.212. The van der Waals surface area contributed by atoms with Gasteiger partial charge in [0.15, 0.2) is 0 Å². The zero-order valence-corrected chi connectivity index (χ0v) is 16.0. The predicted octanol–water partition coefficient (Wildman–Crippen LogP) is 3.95. The maximum atomic E-state index is 12.5. The molecule has 1 aromatic heterocycles. The van der Waals surface area contributed by atoms with Crippen LogP contribution in [0.3, 0.4) is 0 Å². The molecule has 7 nitrogen and oxygen atoms in total. The molecule has 0 saturated carbocycles. The summed E-state index contributed by atoms with van der Waals surface area (Å²) in [5, 5.41) is 10.1. The second kappa shape index (κ2) is 8.39. The van der Waals surface area contributed by atoms with Crippen molar-refractivity contribution in [2.75, 3.05) is 24.3 Å². The van der Waals surface area contributed by atoms with E-state index in [1.165, 1.54) is 0 Å². The summed E-state index contributed by atoms with van der Waals surface area (Å²) < 4.78 is 5.11. The number of pyridine rings is 1. The van der Waals surface area contributed by atoms with Gasteiger partial charge in [-0.05, 0) is 67.3 Å². The molecule has 0 atom stereocenters. The molecular formula is C21H22N4O3. The summed E-state index contributed by atoms with van der Waals surface area (Å²) in [7, 11) is 1.58. The fourth-order valence-electron chi connectivity index (χ4n) is 2.85. The average Bonchev–Trinajstić information content (AvgIpc) is 2.68. The van der Waals surface area contributed by atoms with Gasteiger partial charge in [0.2, 0.25) is 0 Å². The second-order valence-corrected chi connectivity index (χ2v) is 6.25. The van der Waals surface area contributed by atoms with E-state index < -0.39 is 0 Å². The minimum atomic E-state index is -0.310. The van der Waals surface area contributed by atoms with Crippen molar-refractivity contribution in [1.82, 2.24) is 10.3 Å². The topological polar surface area (TPSA) is 92.4 Å². The summed E-state index contributed by atoms with van der Waals surface area (Å²) >= 11 is 0. The van der Waals surface area contributed by atoms with Gasteiger partial charge in [-0.3, -0.25) is 10.1 Å². The van der Waals surface area contributed by atoms with Crippen LogP contribution in [0, 0.1) is 6.92 Å². The number of methoxy groups -OCH3 is 1. The van der Waals surface area contributed by atoms with Gasteiger partial charge < -0.3 is 15.4 Å². The highest BCUT2D eigenvalue weighted by Crippen LogP contribution is 2.25. The lowest BCUT2D eigenvalue weighted by Crippen LogP contribution is -2.28. The van der Waals surface area contributed by atoms with Crippen molar-refractivity contribution in [2.45, 2.75) is 13.8 Å². The third-order valence-corrected chi connectivity index (χ3v) is 4.23. The molecule has 0 aliphatic rings. The molecular weight excluding hydrogens is 356 g/mol. The van der Waals surface area contributed by atoms with Gasteiger partial charge in [-0.15, -0.1) is 0 Å². The van der Waals surface area contributed by atoms with Crippen molar-refractivity contribution < 1.29 is 14.3 Å². The molecule has 0 aliphatic carbocycles. The van der Waals surface area contributed by atoms with E-state index in [4.69, 9.17) is 4.74 Å². The molecule has 0 spiro atoms. The van der Waals surface area contributed by atoms with Crippen LogP contribution in [0.1, 0.15) is 22.8 Å². The Labute approximate surface area is 163 Å². The van der Waals surface area contributed by atoms with Crippen molar-refractivity contribution in [3.05, 3.63) is 59.8 Å². The van der Waals surface area contributed by atoms with E-state index in [-0.39, 0.29) is 11.9 Å². The Kier molecular flexibility index (Phi) is 5.74. The number of hydrogen-bond donors (Lipinski definition) is 3. The van der Waals surface area contributed by atoms with Gasteiger partial charge in [-0.25, -0.2) is 9.78 Å². The Morgan fingerprint density at radius 3 is 2.50 bits per heavy atom. The molecule has 0 bridgehead atoms. The number of anilines is 2. The highest BCUT2D eigenvalue weighted by molar-refractivity contribution is 6.05. The van der Waals surface area contributed by atoms with Crippen LogP contribution in [-0.4, -0.2) is 30.6 Å². The Morgan fingerprint density at radius 2 is 1.82 bits per heavy atom. The third kappa shape index (κ3) is 4.37. The number of nitrogens with zero attached hydrogens (tertiary/aromatic N) is 1. The molecule has 3 aromatic rings. The van der Waals surface area contributed by atoms with Crippen LogP contribution in [0.2, 0.25) is 0 Å². The van der Waals surface area contributed by atoms with Crippen LogP contribution in [0.4, 0.5) is 16.3 Å². The largest absolute Gasteiger partial charge is 0.497 e. The number of carbonyl (C=O) groups is 2. The molecule has 2 aromatic carbocycles. The van der Waals surface area contributed by atoms with Gasteiger partial charge in [-0.1, -0.05) is 0 Å². The summed E-state index contributed by atoms with van der Waals surface area (Å²) in [4.78, 5) is 28.5. The van der Waals surface area contributed by atoms with Gasteiger partial charge in [0.25, 0.3) is 5.91 Å². The Hall–Kier alpha value is -3.61. The fourth-order valence-corrected chi connectivity index (χ4v) is 2.85. The molecule has 3 amide bonds. The first-order chi connectivity index (χ1) is 13.5. The van der Waals surface area contributed by atoms with Crippen LogP contribution in [0.15, 0.2) is 48.7 Å². The molecule has 3 N–H and O–H groups in total. The first-order valence-electron chi connectivity index (χ1n) is 8.91. The van der Waals surface area contributed by atoms with Crippen LogP contribution in [0.5, 0.6) is 5.75 Å². The molecule has 7 heteroatoms. The van der Waals surface area contributed by atoms with Gasteiger partial charge in [-0.2, -0.15) is 0 Å². The summed E-state index contributed by atoms with van der Waals surface area (Å²) in [6.45, 7) is 4.32. The summed E-state index contributed by atoms with van der Waals surface area (Å²) in [5.41, 5.74) is 2.17. The van der Waals surface area contributed by atoms with Gasteiger partial charge in [0.1, 0.15) is 11.6 Å². The van der Waals surface area contributed by atoms with Gasteiger partial charge >= 0.3 is 6.03 Å².